The van der Waals surface area contributed by atoms with Gasteiger partial charge in [-0.05, 0) is 38.5 Å². The van der Waals surface area contributed by atoms with E-state index in [0.29, 0.717) is 33.5 Å². The van der Waals surface area contributed by atoms with E-state index in [4.69, 9.17) is 4.74 Å². The minimum atomic E-state index is -0.481. The highest BCUT2D eigenvalue weighted by Crippen LogP contribution is 2.28. The van der Waals surface area contributed by atoms with E-state index in [1.807, 2.05) is 0 Å². The van der Waals surface area contributed by atoms with E-state index < -0.39 is 5.82 Å². The molecular formula is C19H19FN4O3S. The summed E-state index contributed by atoms with van der Waals surface area (Å²) in [5.41, 5.74) is 2.03. The second-order valence-corrected chi connectivity index (χ2v) is 7.01. The van der Waals surface area contributed by atoms with E-state index in [9.17, 15) is 14.0 Å². The highest BCUT2D eigenvalue weighted by Gasteiger charge is 2.13. The molecule has 0 aliphatic heterocycles. The molecule has 28 heavy (non-hydrogen) atoms. The van der Waals surface area contributed by atoms with Crippen LogP contribution in [0.15, 0.2) is 28.4 Å². The molecule has 1 aromatic carbocycles. The molecule has 2 aromatic heterocycles. The molecule has 0 unspecified atom stereocenters. The van der Waals surface area contributed by atoms with Gasteiger partial charge in [0.1, 0.15) is 5.82 Å². The lowest BCUT2D eigenvalue weighted by molar-refractivity contribution is -0.116. The number of amides is 1. The van der Waals surface area contributed by atoms with Crippen LogP contribution in [0.5, 0.6) is 5.75 Å². The highest BCUT2D eigenvalue weighted by molar-refractivity contribution is 7.14. The lowest BCUT2D eigenvalue weighted by atomic mass is 10.1. The van der Waals surface area contributed by atoms with Gasteiger partial charge in [0.2, 0.25) is 5.91 Å². The summed E-state index contributed by atoms with van der Waals surface area (Å²) >= 11 is 1.24. The van der Waals surface area contributed by atoms with E-state index in [1.165, 1.54) is 30.6 Å². The molecule has 1 amide bonds. The Labute approximate surface area is 164 Å². The van der Waals surface area contributed by atoms with E-state index in [1.54, 1.807) is 25.3 Å². The van der Waals surface area contributed by atoms with Crippen LogP contribution in [-0.4, -0.2) is 28.0 Å². The third-order valence-corrected chi connectivity index (χ3v) is 4.90. The Morgan fingerprint density at radius 1 is 1.32 bits per heavy atom. The number of ether oxygens (including phenoxy) is 1. The van der Waals surface area contributed by atoms with Gasteiger partial charge in [-0.3, -0.25) is 9.59 Å². The molecule has 3 rings (SSSR count). The summed E-state index contributed by atoms with van der Waals surface area (Å²) in [6.45, 7) is 3.45. The van der Waals surface area contributed by atoms with E-state index >= 15 is 0 Å². The van der Waals surface area contributed by atoms with Gasteiger partial charge in [0.25, 0.3) is 5.56 Å². The van der Waals surface area contributed by atoms with Gasteiger partial charge in [-0.1, -0.05) is 0 Å². The van der Waals surface area contributed by atoms with Crippen molar-refractivity contribution >= 4 is 22.4 Å². The number of aromatic nitrogens is 3. The number of aryl methyl sites for hydroxylation is 2. The van der Waals surface area contributed by atoms with E-state index in [0.717, 1.165) is 0 Å². The van der Waals surface area contributed by atoms with Crippen molar-refractivity contribution in [2.75, 3.05) is 12.4 Å². The Balaban J connectivity index is 1.64. The second-order valence-electron chi connectivity index (χ2n) is 6.15. The fourth-order valence-electron chi connectivity index (χ4n) is 2.76. The summed E-state index contributed by atoms with van der Waals surface area (Å²) < 4.78 is 18.8. The molecule has 0 saturated heterocycles. The standard InChI is InChI=1S/C19H19FN4O3S/c1-10-13(18(26)22-11(2)21-10)5-7-17(25)24-19-23-15(9-28-19)12-4-6-16(27-3)14(20)8-12/h4,6,8-9H,5,7H2,1-3H3,(H,21,22,26)(H,23,24,25). The maximum absolute atomic E-state index is 13.9. The zero-order valence-corrected chi connectivity index (χ0v) is 16.4. The molecule has 146 valence electrons. The number of hydrogen-bond acceptors (Lipinski definition) is 6. The molecule has 2 N–H and O–H groups in total. The van der Waals surface area contributed by atoms with Crippen LogP contribution < -0.4 is 15.6 Å². The monoisotopic (exact) mass is 402 g/mol. The smallest absolute Gasteiger partial charge is 0.254 e. The average molecular weight is 402 g/mol. The summed E-state index contributed by atoms with van der Waals surface area (Å²) in [6.07, 6.45) is 0.406. The third-order valence-electron chi connectivity index (χ3n) is 4.14. The van der Waals surface area contributed by atoms with E-state index in [2.05, 4.69) is 20.3 Å². The van der Waals surface area contributed by atoms with Crippen LogP contribution in [0.1, 0.15) is 23.5 Å². The topological polar surface area (TPSA) is 97.0 Å². The van der Waals surface area contributed by atoms with Crippen molar-refractivity contribution in [1.82, 2.24) is 15.0 Å². The maximum Gasteiger partial charge on any atom is 0.254 e. The number of hydrogen-bond donors (Lipinski definition) is 2. The van der Waals surface area contributed by atoms with Crippen LogP contribution in [0, 0.1) is 19.7 Å². The first-order valence-corrected chi connectivity index (χ1v) is 9.41. The Hall–Kier alpha value is -3.07. The van der Waals surface area contributed by atoms with Crippen LogP contribution in [0.4, 0.5) is 9.52 Å². The van der Waals surface area contributed by atoms with Gasteiger partial charge in [-0.2, -0.15) is 0 Å². The van der Waals surface area contributed by atoms with Crippen molar-refractivity contribution in [2.45, 2.75) is 26.7 Å². The van der Waals surface area contributed by atoms with Crippen LogP contribution in [0.2, 0.25) is 0 Å². The Morgan fingerprint density at radius 3 is 2.79 bits per heavy atom. The molecule has 0 spiro atoms. The third kappa shape index (κ3) is 4.42. The maximum atomic E-state index is 13.9. The van der Waals surface area contributed by atoms with Crippen LogP contribution in [0.25, 0.3) is 11.3 Å². The molecule has 7 nitrogen and oxygen atoms in total. The summed E-state index contributed by atoms with van der Waals surface area (Å²) in [4.78, 5) is 35.4. The lowest BCUT2D eigenvalue weighted by Crippen LogP contribution is -2.20. The molecule has 0 aliphatic rings. The number of halogens is 1. The SMILES string of the molecule is COc1ccc(-c2csc(NC(=O)CCc3c(C)nc(C)[nH]c3=O)n2)cc1F. The molecular weight excluding hydrogens is 383 g/mol. The normalized spacial score (nSPS) is 10.7. The number of aromatic amines is 1. The summed E-state index contributed by atoms with van der Waals surface area (Å²) in [6, 6.07) is 4.55. The average Bonchev–Trinajstić information content (AvgIpc) is 3.09. The van der Waals surface area contributed by atoms with E-state index in [-0.39, 0.29) is 30.1 Å². The molecule has 3 aromatic rings. The first-order chi connectivity index (χ1) is 13.4. The summed E-state index contributed by atoms with van der Waals surface area (Å²) in [5, 5.41) is 4.85. The van der Waals surface area contributed by atoms with Gasteiger partial charge >= 0.3 is 0 Å². The molecule has 9 heteroatoms. The minimum absolute atomic E-state index is 0.126. The van der Waals surface area contributed by atoms with Crippen LogP contribution in [0.3, 0.4) is 0 Å². The fraction of sp³-hybridized carbons (Fsp3) is 0.263. The molecule has 0 bridgehead atoms. The second kappa shape index (κ2) is 8.30. The molecule has 0 saturated carbocycles. The predicted molar refractivity (Wildman–Crippen MR) is 105 cm³/mol. The number of anilines is 1. The Bertz CT molecular complexity index is 1080. The highest BCUT2D eigenvalue weighted by atomic mass is 32.1. The summed E-state index contributed by atoms with van der Waals surface area (Å²) in [5.74, 6) is -0.0450. The largest absolute Gasteiger partial charge is 0.494 e. The van der Waals surface area contributed by atoms with Gasteiger partial charge < -0.3 is 15.0 Å². The Kier molecular flexibility index (Phi) is 5.84. The molecule has 2 heterocycles. The first kappa shape index (κ1) is 19.7. The fourth-order valence-corrected chi connectivity index (χ4v) is 3.49. The van der Waals surface area contributed by atoms with Crippen molar-refractivity contribution in [3.8, 4) is 17.0 Å². The number of H-pyrrole nitrogens is 1. The van der Waals surface area contributed by atoms with Crippen LogP contribution >= 0.6 is 11.3 Å². The lowest BCUT2D eigenvalue weighted by Gasteiger charge is -2.05. The van der Waals surface area contributed by atoms with Crippen molar-refractivity contribution in [3.05, 3.63) is 56.8 Å². The van der Waals surface area contributed by atoms with Gasteiger partial charge in [0.05, 0.1) is 12.8 Å². The molecule has 0 aliphatic carbocycles. The van der Waals surface area contributed by atoms with Gasteiger partial charge in [0.15, 0.2) is 16.7 Å². The van der Waals surface area contributed by atoms with Gasteiger partial charge in [-0.15, -0.1) is 11.3 Å². The number of nitrogens with one attached hydrogen (secondary N) is 2. The van der Waals surface area contributed by atoms with Crippen molar-refractivity contribution in [3.63, 3.8) is 0 Å². The number of benzene rings is 1. The summed E-state index contributed by atoms with van der Waals surface area (Å²) in [7, 11) is 1.40. The molecule has 0 fully saturated rings. The first-order valence-electron chi connectivity index (χ1n) is 8.53. The quantitative estimate of drug-likeness (QED) is 0.660. The Morgan fingerprint density at radius 2 is 2.11 bits per heavy atom. The minimum Gasteiger partial charge on any atom is -0.494 e. The van der Waals surface area contributed by atoms with Gasteiger partial charge in [0, 0.05) is 28.6 Å². The van der Waals surface area contributed by atoms with Gasteiger partial charge in [-0.25, -0.2) is 14.4 Å². The number of nitrogens with zero attached hydrogens (tertiary/aromatic N) is 2. The van der Waals surface area contributed by atoms with Crippen molar-refractivity contribution in [2.24, 2.45) is 0 Å². The zero-order chi connectivity index (χ0) is 20.3. The molecule has 0 radical (unpaired) electrons. The van der Waals surface area contributed by atoms with Crippen LogP contribution in [-0.2, 0) is 11.2 Å². The number of rotatable bonds is 6. The number of carbonyl (C=O) groups excluding carboxylic acids is 1. The zero-order valence-electron chi connectivity index (χ0n) is 15.6. The number of thiazole rings is 1. The number of methoxy groups -OCH3 is 1. The predicted octanol–water partition coefficient (Wildman–Crippen LogP) is 3.23. The van der Waals surface area contributed by atoms with Crippen molar-refractivity contribution < 1.29 is 13.9 Å². The molecule has 0 atom stereocenters. The number of carbonyl (C=O) groups is 1. The van der Waals surface area contributed by atoms with Crippen molar-refractivity contribution in [1.29, 1.82) is 0 Å².